The van der Waals surface area contributed by atoms with E-state index < -0.39 is 5.54 Å². The molecular formula is C14H24N2O3. The summed E-state index contributed by atoms with van der Waals surface area (Å²) in [5, 5.41) is 2.98. The Morgan fingerprint density at radius 3 is 2.68 bits per heavy atom. The van der Waals surface area contributed by atoms with Gasteiger partial charge in [-0.15, -0.1) is 0 Å². The zero-order valence-electron chi connectivity index (χ0n) is 11.9. The van der Waals surface area contributed by atoms with Crippen LogP contribution >= 0.6 is 0 Å². The number of rotatable bonds is 4. The van der Waals surface area contributed by atoms with E-state index in [0.29, 0.717) is 32.0 Å². The smallest absolute Gasteiger partial charge is 0.248 e. The lowest BCUT2D eigenvalue weighted by atomic mass is 9.95. The fourth-order valence-corrected chi connectivity index (χ4v) is 3.23. The van der Waals surface area contributed by atoms with Crippen molar-refractivity contribution in [1.82, 2.24) is 10.2 Å². The summed E-state index contributed by atoms with van der Waals surface area (Å²) in [5.41, 5.74) is -0.611. The van der Waals surface area contributed by atoms with Gasteiger partial charge in [-0.05, 0) is 18.8 Å². The van der Waals surface area contributed by atoms with E-state index in [4.69, 9.17) is 4.74 Å². The number of nitrogens with zero attached hydrogens (tertiary/aromatic N) is 1. The van der Waals surface area contributed by atoms with Gasteiger partial charge in [0.1, 0.15) is 5.54 Å². The normalized spacial score (nSPS) is 24.4. The van der Waals surface area contributed by atoms with Crippen LogP contribution in [0.3, 0.4) is 0 Å². The molecule has 108 valence electrons. The van der Waals surface area contributed by atoms with Gasteiger partial charge >= 0.3 is 0 Å². The van der Waals surface area contributed by atoms with Crippen molar-refractivity contribution in [3.63, 3.8) is 0 Å². The monoisotopic (exact) mass is 268 g/mol. The third-order valence-corrected chi connectivity index (χ3v) is 4.12. The quantitative estimate of drug-likeness (QED) is 0.825. The first-order chi connectivity index (χ1) is 9.07. The van der Waals surface area contributed by atoms with Gasteiger partial charge in [-0.1, -0.05) is 19.8 Å². The van der Waals surface area contributed by atoms with Crippen LogP contribution in [0.15, 0.2) is 0 Å². The van der Waals surface area contributed by atoms with E-state index in [1.165, 1.54) is 0 Å². The topological polar surface area (TPSA) is 58.6 Å². The first-order valence-corrected chi connectivity index (χ1v) is 7.17. The van der Waals surface area contributed by atoms with Gasteiger partial charge in [0.25, 0.3) is 0 Å². The molecule has 2 amide bonds. The van der Waals surface area contributed by atoms with E-state index in [0.717, 1.165) is 25.7 Å². The van der Waals surface area contributed by atoms with Crippen LogP contribution in [0, 0.1) is 5.92 Å². The van der Waals surface area contributed by atoms with Crippen LogP contribution in [0.25, 0.3) is 0 Å². The molecule has 1 unspecified atom stereocenters. The first-order valence-electron chi connectivity index (χ1n) is 7.17. The van der Waals surface area contributed by atoms with Crippen LogP contribution in [0.4, 0.5) is 0 Å². The standard InChI is InChI=1S/C14H24N2O3/c1-11(10-19-2)9-16-8-5-12(17)15-14(13(16)18)6-3-4-7-14/h11H,3-10H2,1-2H3,(H,15,17). The molecule has 1 spiro atoms. The molecule has 0 aromatic carbocycles. The highest BCUT2D eigenvalue weighted by molar-refractivity contribution is 5.93. The van der Waals surface area contributed by atoms with Crippen LogP contribution in [-0.4, -0.2) is 49.1 Å². The highest BCUT2D eigenvalue weighted by Crippen LogP contribution is 2.33. The molecule has 2 fully saturated rings. The van der Waals surface area contributed by atoms with Crippen molar-refractivity contribution < 1.29 is 14.3 Å². The van der Waals surface area contributed by atoms with Crippen molar-refractivity contribution in [2.45, 2.75) is 44.6 Å². The number of ether oxygens (including phenoxy) is 1. The van der Waals surface area contributed by atoms with Crippen molar-refractivity contribution in [1.29, 1.82) is 0 Å². The Morgan fingerprint density at radius 2 is 2.05 bits per heavy atom. The maximum absolute atomic E-state index is 12.7. The zero-order valence-corrected chi connectivity index (χ0v) is 11.9. The highest BCUT2D eigenvalue weighted by Gasteiger charge is 2.46. The van der Waals surface area contributed by atoms with E-state index in [2.05, 4.69) is 12.2 Å². The maximum atomic E-state index is 12.7. The van der Waals surface area contributed by atoms with Gasteiger partial charge in [-0.25, -0.2) is 0 Å². The third kappa shape index (κ3) is 3.08. The van der Waals surface area contributed by atoms with E-state index in [-0.39, 0.29) is 11.8 Å². The molecule has 1 saturated heterocycles. The Balaban J connectivity index is 2.10. The molecule has 2 rings (SSSR count). The van der Waals surface area contributed by atoms with Crippen molar-refractivity contribution in [2.24, 2.45) is 5.92 Å². The van der Waals surface area contributed by atoms with E-state index in [1.54, 1.807) is 7.11 Å². The molecule has 5 nitrogen and oxygen atoms in total. The predicted molar refractivity (Wildman–Crippen MR) is 71.6 cm³/mol. The molecule has 1 N–H and O–H groups in total. The van der Waals surface area contributed by atoms with E-state index in [1.807, 2.05) is 4.90 Å². The molecule has 0 aromatic rings. The Kier molecular flexibility index (Phi) is 4.45. The molecule has 1 heterocycles. The number of nitrogens with one attached hydrogen (secondary N) is 1. The lowest BCUT2D eigenvalue weighted by molar-refractivity contribution is -0.139. The minimum Gasteiger partial charge on any atom is -0.384 e. The average molecular weight is 268 g/mol. The summed E-state index contributed by atoms with van der Waals surface area (Å²) in [5.74, 6) is 0.413. The van der Waals surface area contributed by atoms with Gasteiger partial charge in [0.2, 0.25) is 11.8 Å². The lowest BCUT2D eigenvalue weighted by Gasteiger charge is -2.33. The largest absolute Gasteiger partial charge is 0.384 e. The molecule has 0 aromatic heterocycles. The fourth-order valence-electron chi connectivity index (χ4n) is 3.23. The van der Waals surface area contributed by atoms with Crippen molar-refractivity contribution in [2.75, 3.05) is 26.8 Å². The second kappa shape index (κ2) is 5.90. The zero-order chi connectivity index (χ0) is 13.9. The summed E-state index contributed by atoms with van der Waals surface area (Å²) < 4.78 is 5.13. The molecule has 1 aliphatic heterocycles. The minimum atomic E-state index is -0.611. The highest BCUT2D eigenvalue weighted by atomic mass is 16.5. The lowest BCUT2D eigenvalue weighted by Crippen LogP contribution is -2.56. The number of carbonyl (C=O) groups is 2. The summed E-state index contributed by atoms with van der Waals surface area (Å²) in [7, 11) is 1.67. The minimum absolute atomic E-state index is 0.0112. The van der Waals surface area contributed by atoms with Crippen LogP contribution in [0.5, 0.6) is 0 Å². The molecule has 2 aliphatic rings. The summed E-state index contributed by atoms with van der Waals surface area (Å²) in [6.45, 7) is 3.90. The van der Waals surface area contributed by atoms with Gasteiger partial charge in [0.15, 0.2) is 0 Å². The van der Waals surface area contributed by atoms with E-state index >= 15 is 0 Å². The summed E-state index contributed by atoms with van der Waals surface area (Å²) in [4.78, 5) is 26.4. The Labute approximate surface area is 114 Å². The van der Waals surface area contributed by atoms with Crippen molar-refractivity contribution >= 4 is 11.8 Å². The average Bonchev–Trinajstić information content (AvgIpc) is 2.79. The summed E-state index contributed by atoms with van der Waals surface area (Å²) in [6.07, 6.45) is 4.02. The van der Waals surface area contributed by atoms with Crippen molar-refractivity contribution in [3.05, 3.63) is 0 Å². The Bertz CT molecular complexity index is 351. The number of methoxy groups -OCH3 is 1. The Morgan fingerprint density at radius 1 is 1.37 bits per heavy atom. The number of hydrogen-bond acceptors (Lipinski definition) is 3. The number of carbonyl (C=O) groups excluding carboxylic acids is 2. The van der Waals surface area contributed by atoms with Crippen molar-refractivity contribution in [3.8, 4) is 0 Å². The molecule has 0 bridgehead atoms. The predicted octanol–water partition coefficient (Wildman–Crippen LogP) is 0.930. The summed E-state index contributed by atoms with van der Waals surface area (Å²) in [6, 6.07) is 0. The molecule has 1 aliphatic carbocycles. The Hall–Kier alpha value is -1.10. The number of amides is 2. The second-order valence-electron chi connectivity index (χ2n) is 5.90. The van der Waals surface area contributed by atoms with Gasteiger partial charge in [0.05, 0.1) is 6.61 Å². The number of hydrogen-bond donors (Lipinski definition) is 1. The molecule has 19 heavy (non-hydrogen) atoms. The van der Waals surface area contributed by atoms with Crippen LogP contribution in [0.1, 0.15) is 39.0 Å². The van der Waals surface area contributed by atoms with Gasteiger partial charge in [0, 0.05) is 26.6 Å². The van der Waals surface area contributed by atoms with Crippen LogP contribution < -0.4 is 5.32 Å². The molecule has 5 heteroatoms. The van der Waals surface area contributed by atoms with Gasteiger partial charge in [-0.3, -0.25) is 9.59 Å². The SMILES string of the molecule is COCC(C)CN1CCC(=O)NC2(CCCC2)C1=O. The molecule has 1 saturated carbocycles. The van der Waals surface area contributed by atoms with E-state index in [9.17, 15) is 9.59 Å². The first kappa shape index (κ1) is 14.3. The fraction of sp³-hybridized carbons (Fsp3) is 0.857. The van der Waals surface area contributed by atoms with Gasteiger partial charge in [-0.2, -0.15) is 0 Å². The second-order valence-corrected chi connectivity index (χ2v) is 5.90. The summed E-state index contributed by atoms with van der Waals surface area (Å²) >= 11 is 0. The van der Waals surface area contributed by atoms with Gasteiger partial charge < -0.3 is 15.0 Å². The molecule has 0 radical (unpaired) electrons. The van der Waals surface area contributed by atoms with Crippen LogP contribution in [-0.2, 0) is 14.3 Å². The van der Waals surface area contributed by atoms with Crippen LogP contribution in [0.2, 0.25) is 0 Å². The third-order valence-electron chi connectivity index (χ3n) is 4.12. The maximum Gasteiger partial charge on any atom is 0.248 e. The molecular weight excluding hydrogens is 244 g/mol. The molecule has 1 atom stereocenters.